The van der Waals surface area contributed by atoms with Crippen LogP contribution in [0.1, 0.15) is 35.0 Å². The van der Waals surface area contributed by atoms with Crippen LogP contribution in [-0.2, 0) is 11.3 Å². The highest BCUT2D eigenvalue weighted by atomic mass is 19.3. The molecule has 28 heavy (non-hydrogen) atoms. The highest BCUT2D eigenvalue weighted by molar-refractivity contribution is 5.88. The molecule has 0 bridgehead atoms. The summed E-state index contributed by atoms with van der Waals surface area (Å²) >= 11 is 0. The Morgan fingerprint density at radius 3 is 2.68 bits per heavy atom. The van der Waals surface area contributed by atoms with Crippen molar-refractivity contribution in [2.45, 2.75) is 25.8 Å². The number of nitrogens with zero attached hydrogens (tertiary/aromatic N) is 4. The highest BCUT2D eigenvalue weighted by Gasteiger charge is 2.71. The molecule has 1 aliphatic carbocycles. The van der Waals surface area contributed by atoms with Crippen LogP contribution >= 0.6 is 0 Å². The lowest BCUT2D eigenvalue weighted by atomic mass is 10.2. The van der Waals surface area contributed by atoms with Crippen molar-refractivity contribution in [1.29, 1.82) is 0 Å². The van der Waals surface area contributed by atoms with Crippen LogP contribution in [0.5, 0.6) is 0 Å². The van der Waals surface area contributed by atoms with E-state index in [9.17, 15) is 22.4 Å². The average molecular weight is 398 g/mol. The normalized spacial score (nSPS) is 22.4. The predicted octanol–water partition coefficient (Wildman–Crippen LogP) is 3.14. The van der Waals surface area contributed by atoms with Gasteiger partial charge in [0.25, 0.3) is 12.3 Å². The minimum Gasteiger partial charge on any atom is -0.462 e. The van der Waals surface area contributed by atoms with Crippen molar-refractivity contribution in [1.82, 2.24) is 14.8 Å². The van der Waals surface area contributed by atoms with Gasteiger partial charge in [0.15, 0.2) is 0 Å². The summed E-state index contributed by atoms with van der Waals surface area (Å²) in [5, 5.41) is 4.00. The van der Waals surface area contributed by atoms with Gasteiger partial charge in [-0.25, -0.2) is 27.3 Å². The fraction of sp³-hybridized carbons (Fsp3) is 0.500. The largest absolute Gasteiger partial charge is 0.462 e. The van der Waals surface area contributed by atoms with Gasteiger partial charge < -0.3 is 9.64 Å². The lowest BCUT2D eigenvalue weighted by Crippen LogP contribution is -2.28. The van der Waals surface area contributed by atoms with Crippen LogP contribution in [0, 0.1) is 11.8 Å². The number of ether oxygens (including phenoxy) is 1. The van der Waals surface area contributed by atoms with E-state index in [4.69, 9.17) is 4.74 Å². The smallest absolute Gasteiger partial charge is 0.341 e. The number of esters is 1. The van der Waals surface area contributed by atoms with Gasteiger partial charge in [0.2, 0.25) is 0 Å². The maximum Gasteiger partial charge on any atom is 0.341 e. The molecule has 2 fully saturated rings. The molecule has 10 heteroatoms. The van der Waals surface area contributed by atoms with Gasteiger partial charge in [-0.05, 0) is 13.0 Å². The van der Waals surface area contributed by atoms with E-state index in [2.05, 4.69) is 10.1 Å². The first-order valence-electron chi connectivity index (χ1n) is 8.91. The van der Waals surface area contributed by atoms with E-state index in [1.807, 2.05) is 0 Å². The molecule has 4 rings (SSSR count). The third-order valence-corrected chi connectivity index (χ3v) is 5.20. The zero-order chi connectivity index (χ0) is 20.1. The summed E-state index contributed by atoms with van der Waals surface area (Å²) in [5.74, 6) is -4.34. The number of hydrogen-bond acceptors (Lipinski definition) is 5. The fourth-order valence-corrected chi connectivity index (χ4v) is 3.63. The van der Waals surface area contributed by atoms with Crippen LogP contribution in [0.2, 0.25) is 0 Å². The minimum atomic E-state index is -2.83. The molecule has 3 heterocycles. The van der Waals surface area contributed by atoms with Crippen LogP contribution in [0.3, 0.4) is 0 Å². The number of rotatable bonds is 6. The molecule has 2 aliphatic rings. The minimum absolute atomic E-state index is 0.00429. The van der Waals surface area contributed by atoms with Crippen molar-refractivity contribution in [3.8, 4) is 0 Å². The van der Waals surface area contributed by atoms with E-state index in [1.54, 1.807) is 17.9 Å². The zero-order valence-corrected chi connectivity index (χ0v) is 15.0. The Morgan fingerprint density at radius 2 is 2.04 bits per heavy atom. The second kappa shape index (κ2) is 6.75. The molecule has 6 nitrogen and oxygen atoms in total. The number of fused-ring (bicyclic) bond motifs is 1. The number of halogens is 4. The summed E-state index contributed by atoms with van der Waals surface area (Å²) in [6, 6.07) is 3.05. The maximum absolute atomic E-state index is 13.5. The predicted molar refractivity (Wildman–Crippen MR) is 90.6 cm³/mol. The molecule has 0 spiro atoms. The second-order valence-electron chi connectivity index (χ2n) is 6.95. The van der Waals surface area contributed by atoms with Gasteiger partial charge >= 0.3 is 5.97 Å². The summed E-state index contributed by atoms with van der Waals surface area (Å²) in [6.45, 7) is 2.13. The van der Waals surface area contributed by atoms with Crippen molar-refractivity contribution >= 4 is 11.8 Å². The molecule has 1 saturated heterocycles. The van der Waals surface area contributed by atoms with Gasteiger partial charge in [0.1, 0.15) is 11.5 Å². The lowest BCUT2D eigenvalue weighted by Gasteiger charge is -2.22. The highest BCUT2D eigenvalue weighted by Crippen LogP contribution is 2.59. The van der Waals surface area contributed by atoms with Crippen LogP contribution < -0.4 is 4.90 Å². The second-order valence-corrected chi connectivity index (χ2v) is 6.95. The Labute approximate surface area is 158 Å². The molecular formula is C18H18F4N4O2. The number of anilines is 1. The molecule has 0 amide bonds. The van der Waals surface area contributed by atoms with E-state index < -0.39 is 35.8 Å². The summed E-state index contributed by atoms with van der Waals surface area (Å²) in [5.41, 5.74) is 0.0483. The lowest BCUT2D eigenvalue weighted by molar-refractivity contribution is 0.0526. The Morgan fingerprint density at radius 1 is 1.32 bits per heavy atom. The van der Waals surface area contributed by atoms with Crippen molar-refractivity contribution in [3.05, 3.63) is 41.3 Å². The third kappa shape index (κ3) is 3.20. The number of piperidine rings is 1. The summed E-state index contributed by atoms with van der Waals surface area (Å²) in [6.07, 6.45) is -0.107. The number of alkyl halides is 4. The summed E-state index contributed by atoms with van der Waals surface area (Å²) < 4.78 is 60.0. The Hall–Kier alpha value is -2.65. The van der Waals surface area contributed by atoms with E-state index in [-0.39, 0.29) is 43.2 Å². The summed E-state index contributed by atoms with van der Waals surface area (Å²) in [4.78, 5) is 17.3. The molecule has 0 radical (unpaired) electrons. The van der Waals surface area contributed by atoms with Crippen LogP contribution in [0.15, 0.2) is 24.5 Å². The van der Waals surface area contributed by atoms with Crippen molar-refractivity contribution in [2.75, 3.05) is 24.6 Å². The molecule has 2 aromatic heterocycles. The first kappa shape index (κ1) is 18.7. The van der Waals surface area contributed by atoms with Crippen LogP contribution in [-0.4, -0.2) is 46.4 Å². The molecule has 2 unspecified atom stereocenters. The van der Waals surface area contributed by atoms with Crippen molar-refractivity contribution in [2.24, 2.45) is 11.8 Å². The molecule has 0 N–H and O–H groups in total. The molecule has 0 aromatic carbocycles. The van der Waals surface area contributed by atoms with Gasteiger partial charge in [-0.15, -0.1) is 0 Å². The van der Waals surface area contributed by atoms with Crippen LogP contribution in [0.4, 0.5) is 23.4 Å². The van der Waals surface area contributed by atoms with Gasteiger partial charge in [-0.2, -0.15) is 5.10 Å². The zero-order valence-electron chi connectivity index (χ0n) is 15.0. The van der Waals surface area contributed by atoms with E-state index in [0.29, 0.717) is 0 Å². The van der Waals surface area contributed by atoms with Crippen molar-refractivity contribution in [3.63, 3.8) is 0 Å². The molecule has 1 saturated carbocycles. The Bertz CT molecular complexity index is 887. The number of pyridine rings is 1. The van der Waals surface area contributed by atoms with E-state index in [1.165, 1.54) is 23.1 Å². The number of carbonyl (C=O) groups is 1. The fourth-order valence-electron chi connectivity index (χ4n) is 3.63. The molecule has 2 atom stereocenters. The van der Waals surface area contributed by atoms with Gasteiger partial charge in [0.05, 0.1) is 36.7 Å². The maximum atomic E-state index is 13.5. The van der Waals surface area contributed by atoms with E-state index >= 15 is 0 Å². The standard InChI is InChI=1S/C18H18F4N4O2/c1-2-28-17(27)11-5-23-26(7-11)6-10-3-4-14(24-15(10)16(19)20)25-8-12-13(9-25)18(12,21)22/h3-5,7,12-13,16H,2,6,8-9H2,1H3. The molecular weight excluding hydrogens is 380 g/mol. The number of carbonyl (C=O) groups excluding carboxylic acids is 1. The molecule has 1 aliphatic heterocycles. The summed E-state index contributed by atoms with van der Waals surface area (Å²) in [7, 11) is 0. The van der Waals surface area contributed by atoms with Gasteiger partial charge in [-0.3, -0.25) is 4.68 Å². The molecule has 150 valence electrons. The van der Waals surface area contributed by atoms with Gasteiger partial charge in [0, 0.05) is 24.8 Å². The monoisotopic (exact) mass is 398 g/mol. The Kier molecular flexibility index (Phi) is 4.51. The first-order chi connectivity index (χ1) is 13.3. The van der Waals surface area contributed by atoms with Crippen molar-refractivity contribution < 1.29 is 27.1 Å². The van der Waals surface area contributed by atoms with Crippen LogP contribution in [0.25, 0.3) is 0 Å². The SMILES string of the molecule is CCOC(=O)c1cnn(Cc2ccc(N3CC4C(C3)C4(F)F)nc2C(F)F)c1. The number of hydrogen-bond donors (Lipinski definition) is 0. The topological polar surface area (TPSA) is 60.2 Å². The Balaban J connectivity index is 1.51. The molecule has 2 aromatic rings. The first-order valence-corrected chi connectivity index (χ1v) is 8.91. The third-order valence-electron chi connectivity index (χ3n) is 5.20. The average Bonchev–Trinajstić information content (AvgIpc) is 3.11. The number of aromatic nitrogens is 3. The quantitative estimate of drug-likeness (QED) is 0.553. The van der Waals surface area contributed by atoms with Gasteiger partial charge in [-0.1, -0.05) is 6.07 Å². The van der Waals surface area contributed by atoms with E-state index in [0.717, 1.165) is 0 Å².